The minimum atomic E-state index is -3.40. The summed E-state index contributed by atoms with van der Waals surface area (Å²) in [6.07, 6.45) is 1.97. The van der Waals surface area contributed by atoms with Gasteiger partial charge in [0, 0.05) is 23.5 Å². The van der Waals surface area contributed by atoms with Crippen molar-refractivity contribution >= 4 is 31.9 Å². The number of hydrogen-bond donors (Lipinski definition) is 1. The van der Waals surface area contributed by atoms with Crippen molar-refractivity contribution in [2.24, 2.45) is 11.8 Å². The number of sulfonamides is 1. The van der Waals surface area contributed by atoms with E-state index >= 15 is 0 Å². The molecule has 0 aromatic heterocycles. The Morgan fingerprint density at radius 1 is 1.10 bits per heavy atom. The molecule has 1 atom stereocenters. The molecule has 0 saturated carbocycles. The minimum Gasteiger partial charge on any atom is -0.349 e. The molecule has 1 aliphatic heterocycles. The zero-order chi connectivity index (χ0) is 22.4. The maximum absolute atomic E-state index is 13.0. The molecule has 1 N–H and O–H groups in total. The molecule has 1 amide bonds. The van der Waals surface area contributed by atoms with E-state index in [0.717, 1.165) is 22.0 Å². The largest absolute Gasteiger partial charge is 0.349 e. The van der Waals surface area contributed by atoms with E-state index in [-0.39, 0.29) is 23.6 Å². The van der Waals surface area contributed by atoms with Crippen LogP contribution in [0.5, 0.6) is 0 Å². The van der Waals surface area contributed by atoms with Gasteiger partial charge in [0.05, 0.1) is 11.8 Å². The molecule has 0 bridgehead atoms. The minimum absolute atomic E-state index is 0.0201. The van der Waals surface area contributed by atoms with Gasteiger partial charge in [-0.2, -0.15) is 0 Å². The van der Waals surface area contributed by atoms with E-state index in [1.807, 2.05) is 54.6 Å². The Balaban J connectivity index is 1.58. The number of hydrogen-bond acceptors (Lipinski definition) is 3. The van der Waals surface area contributed by atoms with Crippen LogP contribution in [0.2, 0.25) is 0 Å². The lowest BCUT2D eigenvalue weighted by molar-refractivity contribution is -0.127. The highest BCUT2D eigenvalue weighted by Gasteiger charge is 2.32. The van der Waals surface area contributed by atoms with Crippen LogP contribution in [-0.4, -0.2) is 31.7 Å². The Labute approximate surface area is 194 Å². The van der Waals surface area contributed by atoms with Crippen LogP contribution >= 0.6 is 15.9 Å². The molecule has 1 aliphatic rings. The van der Waals surface area contributed by atoms with E-state index in [2.05, 4.69) is 35.1 Å². The first kappa shape index (κ1) is 24.0. The van der Waals surface area contributed by atoms with Crippen LogP contribution in [0.25, 0.3) is 0 Å². The lowest BCUT2D eigenvalue weighted by atomic mass is 9.93. The van der Waals surface area contributed by atoms with Gasteiger partial charge >= 0.3 is 0 Å². The van der Waals surface area contributed by atoms with Crippen molar-refractivity contribution in [2.75, 3.05) is 13.1 Å². The van der Waals surface area contributed by atoms with E-state index in [0.29, 0.717) is 31.8 Å². The number of nitrogens with one attached hydrogen (secondary N) is 1. The van der Waals surface area contributed by atoms with Gasteiger partial charge in [-0.05, 0) is 48.4 Å². The molecule has 0 radical (unpaired) electrons. The second-order valence-electron chi connectivity index (χ2n) is 8.66. The number of benzene rings is 2. The number of rotatable bonds is 8. The average molecular weight is 507 g/mol. The van der Waals surface area contributed by atoms with Gasteiger partial charge in [0.25, 0.3) is 0 Å². The van der Waals surface area contributed by atoms with Gasteiger partial charge in [-0.1, -0.05) is 72.2 Å². The van der Waals surface area contributed by atoms with Crippen molar-refractivity contribution in [1.29, 1.82) is 0 Å². The van der Waals surface area contributed by atoms with Gasteiger partial charge in [-0.3, -0.25) is 4.79 Å². The van der Waals surface area contributed by atoms with Crippen LogP contribution in [0.1, 0.15) is 50.3 Å². The fourth-order valence-corrected chi connectivity index (χ4v) is 6.05. The van der Waals surface area contributed by atoms with Crippen molar-refractivity contribution in [3.8, 4) is 0 Å². The molecule has 7 heteroatoms. The second kappa shape index (κ2) is 10.7. The molecule has 3 rings (SSSR count). The van der Waals surface area contributed by atoms with Crippen LogP contribution in [0.4, 0.5) is 0 Å². The number of carbonyl (C=O) groups is 1. The summed E-state index contributed by atoms with van der Waals surface area (Å²) < 4.78 is 28.1. The van der Waals surface area contributed by atoms with Crippen molar-refractivity contribution < 1.29 is 13.2 Å². The summed E-state index contributed by atoms with van der Waals surface area (Å²) in [5, 5.41) is 3.22. The van der Waals surface area contributed by atoms with Crippen LogP contribution in [0.15, 0.2) is 59.1 Å². The third kappa shape index (κ3) is 6.89. The quantitative estimate of drug-likeness (QED) is 0.553. The molecule has 0 spiro atoms. The Morgan fingerprint density at radius 3 is 2.39 bits per heavy atom. The Hall–Kier alpha value is -1.70. The van der Waals surface area contributed by atoms with Crippen LogP contribution in [0.3, 0.4) is 0 Å². The Kier molecular flexibility index (Phi) is 8.30. The zero-order valence-corrected chi connectivity index (χ0v) is 20.5. The summed E-state index contributed by atoms with van der Waals surface area (Å²) in [5.41, 5.74) is 1.87. The highest BCUT2D eigenvalue weighted by atomic mass is 79.9. The molecular weight excluding hydrogens is 476 g/mol. The molecule has 5 nitrogen and oxygen atoms in total. The lowest BCUT2D eigenvalue weighted by Crippen LogP contribution is -2.44. The predicted molar refractivity (Wildman–Crippen MR) is 128 cm³/mol. The number of piperidine rings is 1. The second-order valence-corrected chi connectivity index (χ2v) is 11.5. The molecule has 31 heavy (non-hydrogen) atoms. The van der Waals surface area contributed by atoms with Gasteiger partial charge in [-0.25, -0.2) is 12.7 Å². The highest BCUT2D eigenvalue weighted by Crippen LogP contribution is 2.26. The van der Waals surface area contributed by atoms with E-state index in [1.165, 1.54) is 4.31 Å². The number of amides is 1. The summed E-state index contributed by atoms with van der Waals surface area (Å²) in [7, 11) is -3.40. The first-order valence-electron chi connectivity index (χ1n) is 10.8. The fraction of sp³-hybridized carbons (Fsp3) is 0.458. The maximum atomic E-state index is 13.0. The highest BCUT2D eigenvalue weighted by molar-refractivity contribution is 9.10. The summed E-state index contributed by atoms with van der Waals surface area (Å²) >= 11 is 3.39. The van der Waals surface area contributed by atoms with Crippen LogP contribution in [0, 0.1) is 11.8 Å². The van der Waals surface area contributed by atoms with Crippen molar-refractivity contribution in [3.63, 3.8) is 0 Å². The Bertz CT molecular complexity index is 971. The molecule has 2 aromatic rings. The molecule has 168 valence electrons. The average Bonchev–Trinajstić information content (AvgIpc) is 2.73. The summed E-state index contributed by atoms with van der Waals surface area (Å²) in [6.45, 7) is 5.07. The molecule has 0 unspecified atom stereocenters. The van der Waals surface area contributed by atoms with Gasteiger partial charge in [0.2, 0.25) is 15.9 Å². The van der Waals surface area contributed by atoms with Crippen LogP contribution < -0.4 is 5.32 Å². The molecule has 1 fully saturated rings. The van der Waals surface area contributed by atoms with Gasteiger partial charge in [0.15, 0.2) is 0 Å². The third-order valence-electron chi connectivity index (χ3n) is 5.68. The summed E-state index contributed by atoms with van der Waals surface area (Å²) in [6, 6.07) is 17.4. The zero-order valence-electron chi connectivity index (χ0n) is 18.1. The first-order valence-corrected chi connectivity index (χ1v) is 13.2. The topological polar surface area (TPSA) is 66.5 Å². The molecule has 1 saturated heterocycles. The maximum Gasteiger partial charge on any atom is 0.223 e. The molecule has 1 heterocycles. The van der Waals surface area contributed by atoms with Crippen molar-refractivity contribution in [2.45, 2.75) is 44.9 Å². The Morgan fingerprint density at radius 2 is 1.77 bits per heavy atom. The summed E-state index contributed by atoms with van der Waals surface area (Å²) in [5.74, 6) is 0.304. The number of halogens is 1. The van der Waals surface area contributed by atoms with Gasteiger partial charge in [-0.15, -0.1) is 0 Å². The molecular formula is C24H31BrN2O3S. The van der Waals surface area contributed by atoms with Gasteiger partial charge < -0.3 is 5.32 Å². The monoisotopic (exact) mass is 506 g/mol. The standard InChI is InChI=1S/C24H31BrN2O3S/c1-18(2)15-23(20-8-4-3-5-9-20)26-24(28)21-11-13-27(14-12-21)31(29,30)17-19-7-6-10-22(25)16-19/h3-10,16,18,21,23H,11-15,17H2,1-2H3,(H,26,28)/t23-/m0/s1. The normalized spacial score (nSPS) is 16.9. The molecule has 0 aliphatic carbocycles. The van der Waals surface area contributed by atoms with E-state index in [4.69, 9.17) is 0 Å². The summed E-state index contributed by atoms with van der Waals surface area (Å²) in [4.78, 5) is 13.0. The van der Waals surface area contributed by atoms with E-state index < -0.39 is 10.0 Å². The van der Waals surface area contributed by atoms with E-state index in [9.17, 15) is 13.2 Å². The van der Waals surface area contributed by atoms with Crippen LogP contribution in [-0.2, 0) is 20.6 Å². The fourth-order valence-electron chi connectivity index (χ4n) is 4.05. The lowest BCUT2D eigenvalue weighted by Gasteiger charge is -2.32. The molecule has 2 aromatic carbocycles. The smallest absolute Gasteiger partial charge is 0.223 e. The van der Waals surface area contributed by atoms with Crippen molar-refractivity contribution in [3.05, 3.63) is 70.2 Å². The third-order valence-corrected chi connectivity index (χ3v) is 8.03. The van der Waals surface area contributed by atoms with Crippen molar-refractivity contribution in [1.82, 2.24) is 9.62 Å². The first-order chi connectivity index (χ1) is 14.7. The SMILES string of the molecule is CC(C)C[C@H](NC(=O)C1CCN(S(=O)(=O)Cc2cccc(Br)c2)CC1)c1ccccc1. The van der Waals surface area contributed by atoms with E-state index in [1.54, 1.807) is 0 Å². The predicted octanol–water partition coefficient (Wildman–Crippen LogP) is 4.89. The van der Waals surface area contributed by atoms with Gasteiger partial charge in [0.1, 0.15) is 0 Å². The number of nitrogens with zero attached hydrogens (tertiary/aromatic N) is 1. The number of carbonyl (C=O) groups excluding carboxylic acids is 1.